The molecule has 0 radical (unpaired) electrons. The molecule has 3 aliphatic heterocycles. The van der Waals surface area contributed by atoms with Gasteiger partial charge in [0.1, 0.15) is 48.8 Å². The maximum absolute atomic E-state index is 13.5. The van der Waals surface area contributed by atoms with Gasteiger partial charge in [0.15, 0.2) is 54.1 Å². The van der Waals surface area contributed by atoms with Gasteiger partial charge in [-0.15, -0.1) is 0 Å². The van der Waals surface area contributed by atoms with E-state index in [1.807, 2.05) is 0 Å². The second kappa shape index (κ2) is 19.1. The average molecular weight is 813 g/mol. The first kappa shape index (κ1) is 44.0. The van der Waals surface area contributed by atoms with E-state index in [0.29, 0.717) is 5.56 Å². The lowest BCUT2D eigenvalue weighted by Gasteiger charge is -2.48. The standard InChI is InChI=1S/C37H48O20/c1-15-26(44)28(46)30(48)35(52-15)51-14-24-32(56-25(43)9-6-18-4-7-20(39)22(41)12-18)33(57-36-31(49)29(47)27(45)16(2)53-36)34(54-17(3)38)37(55-24)50-11-10-19-5-8-21(40)23(42)13-19/h4-9,12-13,15-16,24,26-37,39-42,44-49H,10-11,14H2,1-3H3/b9-6+/t15-,16-,24-,26+,27+,28+,29+,30-,31+,32-,33+,34-,35-,36+,37-/m1/s1. The third-order valence-corrected chi connectivity index (χ3v) is 9.60. The van der Waals surface area contributed by atoms with Crippen molar-refractivity contribution < 1.29 is 98.5 Å². The molecule has 3 fully saturated rings. The molecule has 20 nitrogen and oxygen atoms in total. The van der Waals surface area contributed by atoms with E-state index in [1.165, 1.54) is 50.3 Å². The van der Waals surface area contributed by atoms with E-state index >= 15 is 0 Å². The Hall–Kier alpha value is -4.16. The monoisotopic (exact) mass is 812 g/mol. The van der Waals surface area contributed by atoms with Gasteiger partial charge in [-0.3, -0.25) is 4.79 Å². The molecule has 10 N–H and O–H groups in total. The smallest absolute Gasteiger partial charge is 0.331 e. The Labute approximate surface area is 325 Å². The van der Waals surface area contributed by atoms with Crippen LogP contribution in [-0.2, 0) is 53.9 Å². The minimum atomic E-state index is -1.90. The molecule has 2 aromatic carbocycles. The highest BCUT2D eigenvalue weighted by Gasteiger charge is 2.55. The fourth-order valence-electron chi connectivity index (χ4n) is 6.38. The summed E-state index contributed by atoms with van der Waals surface area (Å²) in [5, 5.41) is 102. The summed E-state index contributed by atoms with van der Waals surface area (Å²) < 4.78 is 46.8. The Balaban J connectivity index is 1.50. The van der Waals surface area contributed by atoms with Crippen molar-refractivity contribution in [3.8, 4) is 23.0 Å². The van der Waals surface area contributed by atoms with E-state index in [0.717, 1.165) is 19.1 Å². The number of carbonyl (C=O) groups is 2. The maximum Gasteiger partial charge on any atom is 0.331 e. The molecule has 2 aromatic rings. The molecule has 0 bridgehead atoms. The van der Waals surface area contributed by atoms with Crippen LogP contribution >= 0.6 is 0 Å². The molecule has 0 saturated carbocycles. The topological polar surface area (TPSA) is 310 Å². The number of carbonyl (C=O) groups excluding carboxylic acids is 2. The van der Waals surface area contributed by atoms with Crippen LogP contribution in [0, 0.1) is 0 Å². The van der Waals surface area contributed by atoms with Crippen LogP contribution < -0.4 is 0 Å². The Morgan fingerprint density at radius 1 is 0.649 bits per heavy atom. The van der Waals surface area contributed by atoms with Crippen molar-refractivity contribution in [3.05, 3.63) is 53.6 Å². The normalized spacial score (nSPS) is 35.8. The molecule has 3 heterocycles. The molecule has 0 aliphatic carbocycles. The fourth-order valence-corrected chi connectivity index (χ4v) is 6.38. The molecule has 57 heavy (non-hydrogen) atoms. The largest absolute Gasteiger partial charge is 0.504 e. The number of ether oxygens (including phenoxy) is 8. The SMILES string of the molecule is CC(=O)O[C@H]1[C@H](OCCc2ccc(O)c(O)c2)O[C@H](CO[C@@H]2O[C@H](C)[C@H](O)[C@H](O)[C@H]2O)[C@@H](OC(=O)/C=C/c2ccc(O)c(O)c2)[C@@H]1O[C@@H]1O[C@H](C)[C@H](O)[C@H](O)[C@@H]1O. The quantitative estimate of drug-likeness (QED) is 0.0619. The molecule has 3 aliphatic rings. The van der Waals surface area contributed by atoms with E-state index < -0.39 is 128 Å². The van der Waals surface area contributed by atoms with E-state index in [2.05, 4.69) is 0 Å². The van der Waals surface area contributed by atoms with Crippen LogP contribution in [0.4, 0.5) is 0 Å². The first-order chi connectivity index (χ1) is 26.9. The number of hydrogen-bond acceptors (Lipinski definition) is 20. The van der Waals surface area contributed by atoms with E-state index in [4.69, 9.17) is 37.9 Å². The van der Waals surface area contributed by atoms with Crippen LogP contribution in [0.25, 0.3) is 6.08 Å². The Bertz CT molecular complexity index is 1710. The van der Waals surface area contributed by atoms with Gasteiger partial charge >= 0.3 is 11.9 Å². The first-order valence-corrected chi connectivity index (χ1v) is 18.0. The van der Waals surface area contributed by atoms with Crippen LogP contribution in [0.2, 0.25) is 0 Å². The molecule has 15 atom stereocenters. The summed E-state index contributed by atoms with van der Waals surface area (Å²) in [6.45, 7) is 3.05. The van der Waals surface area contributed by atoms with Crippen molar-refractivity contribution in [1.29, 1.82) is 0 Å². The number of aliphatic hydroxyl groups excluding tert-OH is 6. The molecule has 20 heteroatoms. The Morgan fingerprint density at radius 2 is 1.25 bits per heavy atom. The third kappa shape index (κ3) is 10.7. The second-order valence-corrected chi connectivity index (χ2v) is 13.8. The number of esters is 2. The molecule has 0 amide bonds. The maximum atomic E-state index is 13.5. The third-order valence-electron chi connectivity index (χ3n) is 9.60. The number of phenols is 4. The number of aliphatic hydroxyl groups is 6. The zero-order chi connectivity index (χ0) is 41.7. The van der Waals surface area contributed by atoms with Gasteiger partial charge in [-0.05, 0) is 61.7 Å². The van der Waals surface area contributed by atoms with Gasteiger partial charge in [0.25, 0.3) is 0 Å². The molecule has 5 rings (SSSR count). The molecule has 0 unspecified atom stereocenters. The minimum Gasteiger partial charge on any atom is -0.504 e. The van der Waals surface area contributed by atoms with Crippen LogP contribution in [0.15, 0.2) is 42.5 Å². The summed E-state index contributed by atoms with van der Waals surface area (Å²) >= 11 is 0. The number of hydrogen-bond donors (Lipinski definition) is 10. The van der Waals surface area contributed by atoms with Gasteiger partial charge in [-0.25, -0.2) is 4.79 Å². The number of benzene rings is 2. The summed E-state index contributed by atoms with van der Waals surface area (Å²) in [6, 6.07) is 7.79. The average Bonchev–Trinajstić information content (AvgIpc) is 3.16. The van der Waals surface area contributed by atoms with E-state index in [1.54, 1.807) is 0 Å². The molecule has 316 valence electrons. The first-order valence-electron chi connectivity index (χ1n) is 18.0. The van der Waals surface area contributed by atoms with Crippen LogP contribution in [0.1, 0.15) is 31.9 Å². The van der Waals surface area contributed by atoms with Crippen LogP contribution in [-0.4, -0.2) is 168 Å². The fraction of sp³-hybridized carbons (Fsp3) is 0.568. The predicted molar refractivity (Wildman–Crippen MR) is 188 cm³/mol. The summed E-state index contributed by atoms with van der Waals surface area (Å²) in [4.78, 5) is 26.1. The number of aromatic hydroxyl groups is 4. The molecular formula is C37H48O20. The van der Waals surface area contributed by atoms with Gasteiger partial charge in [0.05, 0.1) is 25.4 Å². The number of phenolic OH excluding ortho intramolecular Hbond substituents is 4. The van der Waals surface area contributed by atoms with Crippen molar-refractivity contribution in [2.45, 2.75) is 119 Å². The Kier molecular flexibility index (Phi) is 14.7. The highest BCUT2D eigenvalue weighted by molar-refractivity contribution is 5.87. The van der Waals surface area contributed by atoms with Crippen molar-refractivity contribution in [2.75, 3.05) is 13.2 Å². The Morgan fingerprint density at radius 3 is 1.86 bits per heavy atom. The zero-order valence-corrected chi connectivity index (χ0v) is 31.0. The van der Waals surface area contributed by atoms with Gasteiger partial charge in [0.2, 0.25) is 0 Å². The second-order valence-electron chi connectivity index (χ2n) is 13.8. The van der Waals surface area contributed by atoms with Gasteiger partial charge < -0.3 is 89.0 Å². The highest BCUT2D eigenvalue weighted by atomic mass is 16.8. The van der Waals surface area contributed by atoms with Crippen molar-refractivity contribution in [1.82, 2.24) is 0 Å². The predicted octanol–water partition coefficient (Wildman–Crippen LogP) is -1.59. The van der Waals surface area contributed by atoms with Gasteiger partial charge in [-0.2, -0.15) is 0 Å². The zero-order valence-electron chi connectivity index (χ0n) is 31.0. The van der Waals surface area contributed by atoms with Crippen LogP contribution in [0.5, 0.6) is 23.0 Å². The number of rotatable bonds is 13. The molecular weight excluding hydrogens is 764 g/mol. The summed E-state index contributed by atoms with van der Waals surface area (Å²) in [5.74, 6) is -3.59. The highest BCUT2D eigenvalue weighted by Crippen LogP contribution is 2.35. The minimum absolute atomic E-state index is 0.107. The van der Waals surface area contributed by atoms with Crippen molar-refractivity contribution in [2.24, 2.45) is 0 Å². The van der Waals surface area contributed by atoms with Gasteiger partial charge in [0, 0.05) is 13.0 Å². The molecule has 0 aromatic heterocycles. The van der Waals surface area contributed by atoms with Crippen molar-refractivity contribution >= 4 is 18.0 Å². The lowest BCUT2D eigenvalue weighted by atomic mass is 9.96. The summed E-state index contributed by atoms with van der Waals surface area (Å²) in [7, 11) is 0. The van der Waals surface area contributed by atoms with Crippen LogP contribution in [0.3, 0.4) is 0 Å². The molecule has 3 saturated heterocycles. The van der Waals surface area contributed by atoms with E-state index in [9.17, 15) is 60.7 Å². The lowest BCUT2D eigenvalue weighted by Crippen LogP contribution is -2.66. The van der Waals surface area contributed by atoms with E-state index in [-0.39, 0.29) is 24.3 Å². The van der Waals surface area contributed by atoms with Gasteiger partial charge in [-0.1, -0.05) is 12.1 Å². The van der Waals surface area contributed by atoms with Crippen molar-refractivity contribution in [3.63, 3.8) is 0 Å². The summed E-state index contributed by atoms with van der Waals surface area (Å²) in [5.41, 5.74) is 0.776. The summed E-state index contributed by atoms with van der Waals surface area (Å²) in [6.07, 6.45) is -21.3. The molecule has 0 spiro atoms. The lowest BCUT2D eigenvalue weighted by molar-refractivity contribution is -0.364.